The zero-order chi connectivity index (χ0) is 15.6. The Hall–Kier alpha value is -1.91. The Morgan fingerprint density at radius 1 is 1.38 bits per heavy atom. The summed E-state index contributed by atoms with van der Waals surface area (Å²) in [5.74, 6) is -2.52. The predicted molar refractivity (Wildman–Crippen MR) is 76.6 cm³/mol. The molecule has 5 heteroatoms. The van der Waals surface area contributed by atoms with Gasteiger partial charge in [-0.3, -0.25) is 4.79 Å². The van der Waals surface area contributed by atoms with Crippen LogP contribution in [-0.2, 0) is 4.79 Å². The van der Waals surface area contributed by atoms with Crippen LogP contribution in [0.1, 0.15) is 48.5 Å². The Balaban J connectivity index is 2.31. The summed E-state index contributed by atoms with van der Waals surface area (Å²) in [6.07, 6.45) is 2.81. The molecular weight excluding hydrogens is 273 g/mol. The van der Waals surface area contributed by atoms with E-state index < -0.39 is 23.2 Å². The molecule has 0 saturated heterocycles. The van der Waals surface area contributed by atoms with Crippen molar-refractivity contribution in [3.05, 3.63) is 35.1 Å². The summed E-state index contributed by atoms with van der Waals surface area (Å²) in [7, 11) is 0. The molecule has 2 unspecified atom stereocenters. The molecule has 1 fully saturated rings. The fourth-order valence-corrected chi connectivity index (χ4v) is 2.99. The Bertz CT molecular complexity index is 573. The van der Waals surface area contributed by atoms with E-state index in [2.05, 4.69) is 5.32 Å². The van der Waals surface area contributed by atoms with Gasteiger partial charge in [0.1, 0.15) is 11.4 Å². The number of hydrogen-bond donors (Lipinski definition) is 2. The van der Waals surface area contributed by atoms with E-state index in [1.807, 2.05) is 6.92 Å². The second-order valence-corrected chi connectivity index (χ2v) is 5.86. The van der Waals surface area contributed by atoms with Gasteiger partial charge < -0.3 is 10.4 Å². The number of carboxylic acids is 1. The molecule has 4 nitrogen and oxygen atoms in total. The zero-order valence-corrected chi connectivity index (χ0v) is 12.3. The van der Waals surface area contributed by atoms with E-state index in [-0.39, 0.29) is 11.5 Å². The molecule has 1 saturated carbocycles. The van der Waals surface area contributed by atoms with E-state index in [4.69, 9.17) is 0 Å². The molecule has 2 rings (SSSR count). The Morgan fingerprint density at radius 3 is 2.71 bits per heavy atom. The van der Waals surface area contributed by atoms with Crippen LogP contribution in [0.3, 0.4) is 0 Å². The van der Waals surface area contributed by atoms with Crippen LogP contribution in [-0.4, -0.2) is 22.5 Å². The molecule has 0 radical (unpaired) electrons. The van der Waals surface area contributed by atoms with Gasteiger partial charge in [-0.15, -0.1) is 0 Å². The number of nitrogens with one attached hydrogen (secondary N) is 1. The molecule has 0 bridgehead atoms. The number of aryl methyl sites for hydroxylation is 1. The van der Waals surface area contributed by atoms with E-state index in [0.29, 0.717) is 6.42 Å². The van der Waals surface area contributed by atoms with Gasteiger partial charge in [-0.25, -0.2) is 9.18 Å². The lowest BCUT2D eigenvalue weighted by Gasteiger charge is -2.39. The molecule has 0 heterocycles. The fraction of sp³-hybridized carbons (Fsp3) is 0.500. The first-order valence-corrected chi connectivity index (χ1v) is 7.19. The van der Waals surface area contributed by atoms with Crippen molar-refractivity contribution in [2.24, 2.45) is 5.92 Å². The maximum atomic E-state index is 13.8. The standard InChI is InChI=1S/C16H20FNO3/c1-10-6-7-13(17)12(9-10)14(19)18-16(15(20)21)8-4-3-5-11(16)2/h6-7,9,11H,3-5,8H2,1-2H3,(H,18,19)(H,20,21). The SMILES string of the molecule is Cc1ccc(F)c(C(=O)NC2(C(=O)O)CCCCC2C)c1. The molecule has 1 aromatic carbocycles. The van der Waals surface area contributed by atoms with Gasteiger partial charge in [0.05, 0.1) is 5.56 Å². The van der Waals surface area contributed by atoms with Gasteiger partial charge in [-0.05, 0) is 37.8 Å². The lowest BCUT2D eigenvalue weighted by Crippen LogP contribution is -2.60. The first kappa shape index (κ1) is 15.5. The van der Waals surface area contributed by atoms with Crippen LogP contribution in [0.2, 0.25) is 0 Å². The van der Waals surface area contributed by atoms with Gasteiger partial charge in [0.15, 0.2) is 0 Å². The van der Waals surface area contributed by atoms with Crippen molar-refractivity contribution in [2.75, 3.05) is 0 Å². The maximum absolute atomic E-state index is 13.8. The minimum absolute atomic E-state index is 0.103. The summed E-state index contributed by atoms with van der Waals surface area (Å²) in [5, 5.41) is 12.2. The van der Waals surface area contributed by atoms with Crippen LogP contribution >= 0.6 is 0 Å². The first-order chi connectivity index (χ1) is 9.86. The van der Waals surface area contributed by atoms with Crippen LogP contribution in [0.4, 0.5) is 4.39 Å². The van der Waals surface area contributed by atoms with Crippen LogP contribution < -0.4 is 5.32 Å². The normalized spacial score (nSPS) is 25.4. The van der Waals surface area contributed by atoms with Crippen molar-refractivity contribution >= 4 is 11.9 Å². The Labute approximate surface area is 123 Å². The number of halogens is 1. The molecule has 1 aliphatic carbocycles. The van der Waals surface area contributed by atoms with Gasteiger partial charge in [0.2, 0.25) is 0 Å². The third kappa shape index (κ3) is 2.91. The highest BCUT2D eigenvalue weighted by Crippen LogP contribution is 2.34. The molecule has 1 aromatic rings. The average molecular weight is 293 g/mol. The smallest absolute Gasteiger partial charge is 0.329 e. The largest absolute Gasteiger partial charge is 0.479 e. The second-order valence-electron chi connectivity index (χ2n) is 5.86. The Morgan fingerprint density at radius 2 is 2.10 bits per heavy atom. The molecule has 0 spiro atoms. The molecule has 1 amide bonds. The highest BCUT2D eigenvalue weighted by molar-refractivity contribution is 5.98. The van der Waals surface area contributed by atoms with Crippen molar-refractivity contribution in [1.82, 2.24) is 5.32 Å². The molecule has 114 valence electrons. The Kier molecular flexibility index (Phi) is 4.30. The van der Waals surface area contributed by atoms with E-state index in [1.165, 1.54) is 12.1 Å². The minimum atomic E-state index is -1.30. The molecule has 21 heavy (non-hydrogen) atoms. The van der Waals surface area contributed by atoms with Crippen LogP contribution in [0.15, 0.2) is 18.2 Å². The molecule has 0 aliphatic heterocycles. The number of carboxylic acid groups (broad SMARTS) is 1. The lowest BCUT2D eigenvalue weighted by atomic mass is 9.73. The number of benzene rings is 1. The number of hydrogen-bond acceptors (Lipinski definition) is 2. The lowest BCUT2D eigenvalue weighted by molar-refractivity contribution is -0.148. The minimum Gasteiger partial charge on any atom is -0.479 e. The van der Waals surface area contributed by atoms with Gasteiger partial charge in [0, 0.05) is 0 Å². The summed E-state index contributed by atoms with van der Waals surface area (Å²) >= 11 is 0. The van der Waals surface area contributed by atoms with Crippen molar-refractivity contribution in [2.45, 2.75) is 45.1 Å². The van der Waals surface area contributed by atoms with Crippen LogP contribution in [0, 0.1) is 18.7 Å². The topological polar surface area (TPSA) is 66.4 Å². The molecule has 2 atom stereocenters. The summed E-state index contributed by atoms with van der Waals surface area (Å²) in [5.41, 5.74) is -0.651. The average Bonchev–Trinajstić information content (AvgIpc) is 2.43. The summed E-state index contributed by atoms with van der Waals surface area (Å²) in [4.78, 5) is 24.0. The quantitative estimate of drug-likeness (QED) is 0.900. The molecule has 2 N–H and O–H groups in total. The number of amides is 1. The third-order valence-electron chi connectivity index (χ3n) is 4.38. The zero-order valence-electron chi connectivity index (χ0n) is 12.3. The highest BCUT2D eigenvalue weighted by atomic mass is 19.1. The number of aliphatic carboxylic acids is 1. The third-order valence-corrected chi connectivity index (χ3v) is 4.38. The second kappa shape index (κ2) is 5.84. The summed E-state index contributed by atoms with van der Waals surface area (Å²) in [6.45, 7) is 3.58. The number of carbonyl (C=O) groups excluding carboxylic acids is 1. The van der Waals surface area contributed by atoms with Crippen molar-refractivity contribution in [3.8, 4) is 0 Å². The predicted octanol–water partition coefficient (Wildman–Crippen LogP) is 2.90. The van der Waals surface area contributed by atoms with Crippen molar-refractivity contribution in [3.63, 3.8) is 0 Å². The van der Waals surface area contributed by atoms with E-state index in [9.17, 15) is 19.1 Å². The monoisotopic (exact) mass is 293 g/mol. The first-order valence-electron chi connectivity index (χ1n) is 7.19. The van der Waals surface area contributed by atoms with E-state index in [0.717, 1.165) is 24.8 Å². The van der Waals surface area contributed by atoms with Gasteiger partial charge in [-0.2, -0.15) is 0 Å². The van der Waals surface area contributed by atoms with Crippen molar-refractivity contribution < 1.29 is 19.1 Å². The number of rotatable bonds is 3. The molecule has 0 aromatic heterocycles. The van der Waals surface area contributed by atoms with E-state index >= 15 is 0 Å². The van der Waals surface area contributed by atoms with E-state index in [1.54, 1.807) is 13.0 Å². The molecule has 1 aliphatic rings. The van der Waals surface area contributed by atoms with Crippen LogP contribution in [0.25, 0.3) is 0 Å². The molecular formula is C16H20FNO3. The highest BCUT2D eigenvalue weighted by Gasteiger charge is 2.46. The maximum Gasteiger partial charge on any atom is 0.329 e. The van der Waals surface area contributed by atoms with Crippen molar-refractivity contribution in [1.29, 1.82) is 0 Å². The number of carbonyl (C=O) groups is 2. The van der Waals surface area contributed by atoms with Gasteiger partial charge in [-0.1, -0.05) is 31.4 Å². The fourth-order valence-electron chi connectivity index (χ4n) is 2.99. The van der Waals surface area contributed by atoms with Gasteiger partial charge >= 0.3 is 5.97 Å². The van der Waals surface area contributed by atoms with Crippen LogP contribution in [0.5, 0.6) is 0 Å². The summed E-state index contributed by atoms with van der Waals surface area (Å²) < 4.78 is 13.8. The van der Waals surface area contributed by atoms with Gasteiger partial charge in [0.25, 0.3) is 5.91 Å². The summed E-state index contributed by atoms with van der Waals surface area (Å²) in [6, 6.07) is 4.23.